The number of para-hydroxylation sites is 2. The summed E-state index contributed by atoms with van der Waals surface area (Å²) in [6, 6.07) is 13.9. The normalized spacial score (nSPS) is 12.3. The molecule has 3 aromatic rings. The van der Waals surface area contributed by atoms with Gasteiger partial charge in [0.25, 0.3) is 0 Å². The number of aromatic nitrogens is 2. The molecule has 0 fully saturated rings. The molecule has 0 bridgehead atoms. The average Bonchev–Trinajstić information content (AvgIpc) is 3.00. The van der Waals surface area contributed by atoms with Crippen molar-refractivity contribution in [1.29, 1.82) is 0 Å². The number of nitrogens with zero attached hydrogens (tertiary/aromatic N) is 1. The molecule has 0 radical (unpaired) electrons. The molecule has 1 aromatic heterocycles. The summed E-state index contributed by atoms with van der Waals surface area (Å²) in [4.78, 5) is 20.1. The van der Waals surface area contributed by atoms with Gasteiger partial charge in [-0.25, -0.2) is 4.98 Å². The summed E-state index contributed by atoms with van der Waals surface area (Å²) < 4.78 is 0. The van der Waals surface area contributed by atoms with Crippen molar-refractivity contribution >= 4 is 34.4 Å². The smallest absolute Gasteiger partial charge is 0.234 e. The zero-order valence-corrected chi connectivity index (χ0v) is 14.9. The molecule has 0 saturated carbocycles. The zero-order chi connectivity index (χ0) is 17.1. The second-order valence-corrected chi connectivity index (χ2v) is 7.27. The molecule has 1 amide bonds. The van der Waals surface area contributed by atoms with E-state index in [1.807, 2.05) is 49.4 Å². The molecule has 2 N–H and O–H groups in total. The van der Waals surface area contributed by atoms with E-state index in [0.717, 1.165) is 22.5 Å². The van der Waals surface area contributed by atoms with Crippen molar-refractivity contribution in [3.63, 3.8) is 0 Å². The summed E-state index contributed by atoms with van der Waals surface area (Å²) in [5.41, 5.74) is 5.23. The van der Waals surface area contributed by atoms with Gasteiger partial charge in [0.05, 0.1) is 22.0 Å². The Morgan fingerprint density at radius 3 is 2.75 bits per heavy atom. The number of aryl methyl sites for hydroxylation is 2. The summed E-state index contributed by atoms with van der Waals surface area (Å²) in [6.07, 6.45) is 0. The third-order valence-electron chi connectivity index (χ3n) is 4.05. The van der Waals surface area contributed by atoms with Crippen LogP contribution < -0.4 is 5.32 Å². The summed E-state index contributed by atoms with van der Waals surface area (Å²) in [7, 11) is 0. The Bertz CT molecular complexity index is 839. The van der Waals surface area contributed by atoms with Crippen LogP contribution in [-0.4, -0.2) is 21.6 Å². The highest BCUT2D eigenvalue weighted by Gasteiger charge is 2.13. The molecular weight excluding hydrogens is 318 g/mol. The minimum atomic E-state index is 0.00575. The Hall–Kier alpha value is -2.27. The number of carbonyl (C=O) groups excluding carboxylic acids is 1. The van der Waals surface area contributed by atoms with Crippen molar-refractivity contribution in [2.75, 3.05) is 11.1 Å². The number of thioether (sulfide) groups is 1. The number of aromatic amines is 1. The Kier molecular flexibility index (Phi) is 4.90. The molecule has 3 rings (SSSR count). The topological polar surface area (TPSA) is 57.8 Å². The highest BCUT2D eigenvalue weighted by atomic mass is 32.2. The van der Waals surface area contributed by atoms with Gasteiger partial charge in [-0.3, -0.25) is 4.79 Å². The lowest BCUT2D eigenvalue weighted by Crippen LogP contribution is -2.15. The van der Waals surface area contributed by atoms with Gasteiger partial charge in [-0.1, -0.05) is 18.2 Å². The molecule has 0 unspecified atom stereocenters. The molecule has 1 heterocycles. The molecule has 0 aliphatic carbocycles. The zero-order valence-electron chi connectivity index (χ0n) is 14.1. The predicted molar refractivity (Wildman–Crippen MR) is 102 cm³/mol. The van der Waals surface area contributed by atoms with Crippen molar-refractivity contribution in [3.8, 4) is 0 Å². The third-order valence-corrected chi connectivity index (χ3v) is 5.20. The number of imidazole rings is 1. The first-order valence-corrected chi connectivity index (χ1v) is 9.01. The minimum absolute atomic E-state index is 0.00575. The number of benzene rings is 2. The van der Waals surface area contributed by atoms with Crippen LogP contribution in [0.15, 0.2) is 42.5 Å². The first-order valence-electron chi connectivity index (χ1n) is 7.96. The maximum Gasteiger partial charge on any atom is 0.234 e. The monoisotopic (exact) mass is 339 g/mol. The lowest BCUT2D eigenvalue weighted by molar-refractivity contribution is -0.113. The molecule has 0 aliphatic rings. The number of fused-ring (bicyclic) bond motifs is 1. The molecule has 0 aliphatic heterocycles. The third kappa shape index (κ3) is 3.79. The lowest BCUT2D eigenvalue weighted by atomic mass is 10.1. The Balaban J connectivity index is 1.58. The van der Waals surface area contributed by atoms with Gasteiger partial charge >= 0.3 is 0 Å². The number of amides is 1. The van der Waals surface area contributed by atoms with Gasteiger partial charge < -0.3 is 10.3 Å². The maximum absolute atomic E-state index is 12.2. The largest absolute Gasteiger partial charge is 0.341 e. The van der Waals surface area contributed by atoms with E-state index in [0.29, 0.717) is 5.75 Å². The first kappa shape index (κ1) is 16.6. The standard InChI is InChI=1S/C19H21N3OS/c1-12-8-9-15(10-13(12)2)20-18(23)11-24-14(3)19-21-16-6-4-5-7-17(16)22-19/h4-10,14H,11H2,1-3H3,(H,20,23)(H,21,22)/t14-/m0/s1. The van der Waals surface area contributed by atoms with Crippen LogP contribution in [0.25, 0.3) is 11.0 Å². The second kappa shape index (κ2) is 7.09. The van der Waals surface area contributed by atoms with Crippen LogP contribution in [0.5, 0.6) is 0 Å². The number of nitrogens with one attached hydrogen (secondary N) is 2. The van der Waals surface area contributed by atoms with E-state index in [1.165, 1.54) is 11.1 Å². The lowest BCUT2D eigenvalue weighted by Gasteiger charge is -2.10. The number of rotatable bonds is 5. The molecule has 1 atom stereocenters. The highest BCUT2D eigenvalue weighted by Crippen LogP contribution is 2.27. The maximum atomic E-state index is 12.2. The number of hydrogen-bond donors (Lipinski definition) is 2. The molecule has 5 heteroatoms. The predicted octanol–water partition coefficient (Wildman–Crippen LogP) is 4.61. The number of hydrogen-bond acceptors (Lipinski definition) is 3. The molecule has 124 valence electrons. The van der Waals surface area contributed by atoms with E-state index in [2.05, 4.69) is 29.1 Å². The summed E-state index contributed by atoms with van der Waals surface area (Å²) in [5.74, 6) is 1.30. The van der Waals surface area contributed by atoms with E-state index in [4.69, 9.17) is 0 Å². The van der Waals surface area contributed by atoms with Gasteiger partial charge in [0.15, 0.2) is 0 Å². The van der Waals surface area contributed by atoms with Gasteiger partial charge in [0.1, 0.15) is 5.82 Å². The Labute approximate surface area is 146 Å². The van der Waals surface area contributed by atoms with Crippen molar-refractivity contribution in [2.24, 2.45) is 0 Å². The SMILES string of the molecule is Cc1ccc(NC(=O)CS[C@@H](C)c2nc3ccccc3[nH]2)cc1C. The molecular formula is C19H21N3OS. The van der Waals surface area contributed by atoms with Crippen molar-refractivity contribution < 1.29 is 4.79 Å². The van der Waals surface area contributed by atoms with Crippen LogP contribution in [0, 0.1) is 13.8 Å². The molecule has 4 nitrogen and oxygen atoms in total. The van der Waals surface area contributed by atoms with E-state index in [9.17, 15) is 4.79 Å². The molecule has 0 spiro atoms. The van der Waals surface area contributed by atoms with E-state index in [-0.39, 0.29) is 11.2 Å². The van der Waals surface area contributed by atoms with Crippen LogP contribution in [0.4, 0.5) is 5.69 Å². The van der Waals surface area contributed by atoms with Crippen molar-refractivity contribution in [3.05, 3.63) is 59.4 Å². The number of anilines is 1. The Morgan fingerprint density at radius 2 is 2.00 bits per heavy atom. The first-order chi connectivity index (χ1) is 11.5. The van der Waals surface area contributed by atoms with Crippen molar-refractivity contribution in [2.45, 2.75) is 26.0 Å². The van der Waals surface area contributed by atoms with E-state index in [1.54, 1.807) is 11.8 Å². The fourth-order valence-electron chi connectivity index (χ4n) is 2.46. The summed E-state index contributed by atoms with van der Waals surface area (Å²) in [5, 5.41) is 3.08. The van der Waals surface area contributed by atoms with E-state index >= 15 is 0 Å². The Morgan fingerprint density at radius 1 is 1.21 bits per heavy atom. The van der Waals surface area contributed by atoms with E-state index < -0.39 is 0 Å². The van der Waals surface area contributed by atoms with Crippen LogP contribution in [0.3, 0.4) is 0 Å². The molecule has 0 saturated heterocycles. The average molecular weight is 339 g/mol. The molecule has 24 heavy (non-hydrogen) atoms. The van der Waals surface area contributed by atoms with Gasteiger partial charge in [-0.15, -0.1) is 11.8 Å². The van der Waals surface area contributed by atoms with Gasteiger partial charge in [0.2, 0.25) is 5.91 Å². The number of H-pyrrole nitrogens is 1. The summed E-state index contributed by atoms with van der Waals surface area (Å²) >= 11 is 1.57. The minimum Gasteiger partial charge on any atom is -0.341 e. The van der Waals surface area contributed by atoms with Crippen LogP contribution in [0.1, 0.15) is 29.1 Å². The second-order valence-electron chi connectivity index (χ2n) is 5.94. The van der Waals surface area contributed by atoms with Crippen LogP contribution >= 0.6 is 11.8 Å². The van der Waals surface area contributed by atoms with Gasteiger partial charge in [-0.05, 0) is 56.2 Å². The van der Waals surface area contributed by atoms with Crippen molar-refractivity contribution in [1.82, 2.24) is 9.97 Å². The van der Waals surface area contributed by atoms with Gasteiger partial charge in [0, 0.05) is 5.69 Å². The molecule has 2 aromatic carbocycles. The fourth-order valence-corrected chi connectivity index (χ4v) is 3.20. The fraction of sp³-hybridized carbons (Fsp3) is 0.263. The number of carbonyl (C=O) groups is 1. The van der Waals surface area contributed by atoms with Gasteiger partial charge in [-0.2, -0.15) is 0 Å². The quantitative estimate of drug-likeness (QED) is 0.713. The van der Waals surface area contributed by atoms with Crippen LogP contribution in [-0.2, 0) is 4.79 Å². The van der Waals surface area contributed by atoms with Crippen LogP contribution in [0.2, 0.25) is 0 Å². The summed E-state index contributed by atoms with van der Waals surface area (Å²) in [6.45, 7) is 6.17. The highest BCUT2D eigenvalue weighted by molar-refractivity contribution is 8.00.